The number of H-pyrrole nitrogens is 1. The van der Waals surface area contributed by atoms with Gasteiger partial charge in [-0.3, -0.25) is 5.10 Å². The molecule has 0 saturated carbocycles. The van der Waals surface area contributed by atoms with Gasteiger partial charge in [-0.2, -0.15) is 5.26 Å². The van der Waals surface area contributed by atoms with E-state index in [1.165, 1.54) is 0 Å². The monoisotopic (exact) mass is 447 g/mol. The summed E-state index contributed by atoms with van der Waals surface area (Å²) in [4.78, 5) is 9.13. The van der Waals surface area contributed by atoms with Gasteiger partial charge in [-0.05, 0) is 30.3 Å². The molecule has 0 aliphatic carbocycles. The minimum absolute atomic E-state index is 0.386. The molecule has 5 nitrogen and oxygen atoms in total. The summed E-state index contributed by atoms with van der Waals surface area (Å²) in [6.45, 7) is 0. The molecule has 28 heavy (non-hydrogen) atoms. The van der Waals surface area contributed by atoms with E-state index in [9.17, 15) is 5.26 Å². The summed E-state index contributed by atoms with van der Waals surface area (Å²) in [6, 6.07) is 12.3. The van der Waals surface area contributed by atoms with Crippen molar-refractivity contribution in [1.82, 2.24) is 14.6 Å². The third-order valence-corrected chi connectivity index (χ3v) is 5.14. The van der Waals surface area contributed by atoms with E-state index in [0.29, 0.717) is 53.9 Å². The molecule has 0 aliphatic rings. The van der Waals surface area contributed by atoms with Crippen molar-refractivity contribution in [3.63, 3.8) is 0 Å². The van der Waals surface area contributed by atoms with E-state index in [-0.39, 0.29) is 0 Å². The number of hydrogen-bond donors (Lipinski definition) is 1. The van der Waals surface area contributed by atoms with Gasteiger partial charge in [0.2, 0.25) is 0 Å². The second-order valence-corrected chi connectivity index (χ2v) is 7.48. The molecule has 1 N–H and O–H groups in total. The van der Waals surface area contributed by atoms with Gasteiger partial charge in [-0.1, -0.05) is 52.5 Å². The summed E-state index contributed by atoms with van der Waals surface area (Å²) >= 11 is 24.5. The van der Waals surface area contributed by atoms with E-state index >= 15 is 0 Å². The lowest BCUT2D eigenvalue weighted by atomic mass is 10.1. The molecule has 138 valence electrons. The maximum absolute atomic E-state index is 9.32. The van der Waals surface area contributed by atoms with Crippen molar-refractivity contribution in [2.75, 3.05) is 0 Å². The number of nitrogens with one attached hydrogen (secondary N) is 1. The number of nitrogens with zero attached hydrogens (tertiary/aromatic N) is 4. The smallest absolute Gasteiger partial charge is 0.180 e. The summed E-state index contributed by atoms with van der Waals surface area (Å²) in [6.07, 6.45) is 3.16. The van der Waals surface area contributed by atoms with E-state index in [1.54, 1.807) is 53.3 Å². The van der Waals surface area contributed by atoms with Crippen LogP contribution in [0.2, 0.25) is 20.1 Å². The molecule has 0 bridgehead atoms. The standard InChI is InChI=1S/C19H9Cl4N5/c20-12-2-1-10(15(22)5-12)8-25-19-17(14-4-3-13(21)6-16(14)23)27-18-11(7-24)9-26-28(18)19/h1-6,8-9,26H/b25-8+. The summed E-state index contributed by atoms with van der Waals surface area (Å²) in [5.74, 6) is 0.465. The van der Waals surface area contributed by atoms with E-state index in [2.05, 4.69) is 21.1 Å². The van der Waals surface area contributed by atoms with Crippen LogP contribution in [0.15, 0.2) is 47.6 Å². The van der Waals surface area contributed by atoms with Crippen LogP contribution in [-0.2, 0) is 0 Å². The molecule has 0 aliphatic heterocycles. The van der Waals surface area contributed by atoms with Gasteiger partial charge < -0.3 is 0 Å². The number of fused-ring (bicyclic) bond motifs is 1. The van der Waals surface area contributed by atoms with E-state index in [1.807, 2.05) is 0 Å². The third-order valence-electron chi connectivity index (χ3n) is 4.03. The van der Waals surface area contributed by atoms with Gasteiger partial charge in [0.25, 0.3) is 0 Å². The maximum atomic E-state index is 9.32. The molecule has 0 fully saturated rings. The first-order chi connectivity index (χ1) is 13.5. The Morgan fingerprint density at radius 2 is 1.75 bits per heavy atom. The predicted octanol–water partition coefficient (Wildman–Crippen LogP) is 6.57. The minimum atomic E-state index is 0.386. The number of imidazole rings is 1. The lowest BCUT2D eigenvalue weighted by Gasteiger charge is -2.04. The number of nitriles is 1. The lowest BCUT2D eigenvalue weighted by Crippen LogP contribution is -1.87. The molecule has 0 radical (unpaired) electrons. The molecule has 0 unspecified atom stereocenters. The van der Waals surface area contributed by atoms with Crippen LogP contribution >= 0.6 is 46.4 Å². The zero-order valence-corrected chi connectivity index (χ0v) is 16.9. The number of aliphatic imine (C=N–C) groups is 1. The lowest BCUT2D eigenvalue weighted by molar-refractivity contribution is 0.971. The highest BCUT2D eigenvalue weighted by molar-refractivity contribution is 6.37. The number of aromatic amines is 1. The minimum Gasteiger partial charge on any atom is -0.297 e. The van der Waals surface area contributed by atoms with Crippen molar-refractivity contribution in [3.8, 4) is 17.3 Å². The molecule has 0 atom stereocenters. The summed E-state index contributed by atoms with van der Waals surface area (Å²) in [7, 11) is 0. The van der Waals surface area contributed by atoms with Gasteiger partial charge in [0.1, 0.15) is 17.3 Å². The topological polar surface area (TPSA) is 69.2 Å². The zero-order valence-electron chi connectivity index (χ0n) is 13.9. The van der Waals surface area contributed by atoms with Gasteiger partial charge in [0.05, 0.1) is 10.0 Å². The summed E-state index contributed by atoms with van der Waals surface area (Å²) < 4.78 is 1.61. The van der Waals surface area contributed by atoms with Crippen LogP contribution in [0.1, 0.15) is 11.1 Å². The molecule has 9 heteroatoms. The number of aromatic nitrogens is 3. The SMILES string of the molecule is N#Cc1c[nH]n2c(/N=C/c3ccc(Cl)cc3Cl)c(-c3ccc(Cl)cc3Cl)nc12. The molecule has 0 amide bonds. The first-order valence-corrected chi connectivity index (χ1v) is 9.43. The van der Waals surface area contributed by atoms with Gasteiger partial charge in [0.15, 0.2) is 11.5 Å². The van der Waals surface area contributed by atoms with E-state index in [0.717, 1.165) is 0 Å². The average Bonchev–Trinajstić information content (AvgIpc) is 3.20. The van der Waals surface area contributed by atoms with Crippen molar-refractivity contribution >= 4 is 64.1 Å². The summed E-state index contributed by atoms with van der Waals surface area (Å²) in [5, 5.41) is 14.2. The van der Waals surface area contributed by atoms with Gasteiger partial charge in [0, 0.05) is 33.6 Å². The molecule has 2 aromatic heterocycles. The Labute approximate surface area is 179 Å². The quantitative estimate of drug-likeness (QED) is 0.360. The van der Waals surface area contributed by atoms with Crippen LogP contribution < -0.4 is 0 Å². The first kappa shape index (κ1) is 18.9. The average molecular weight is 449 g/mol. The van der Waals surface area contributed by atoms with E-state index < -0.39 is 0 Å². The molecule has 0 spiro atoms. The highest BCUT2D eigenvalue weighted by Gasteiger charge is 2.19. The van der Waals surface area contributed by atoms with Gasteiger partial charge in [-0.25, -0.2) is 14.5 Å². The van der Waals surface area contributed by atoms with Crippen molar-refractivity contribution in [2.24, 2.45) is 4.99 Å². The molecule has 4 aromatic rings. The normalized spacial score (nSPS) is 11.4. The van der Waals surface area contributed by atoms with Crippen LogP contribution in [0.3, 0.4) is 0 Å². The third kappa shape index (κ3) is 3.36. The Kier molecular flexibility index (Phi) is 5.05. The second-order valence-electron chi connectivity index (χ2n) is 5.79. The Hall–Kier alpha value is -2.49. The Morgan fingerprint density at radius 3 is 2.43 bits per heavy atom. The molecule has 0 saturated heterocycles. The molecule has 2 heterocycles. The van der Waals surface area contributed by atoms with Crippen molar-refractivity contribution in [2.45, 2.75) is 0 Å². The van der Waals surface area contributed by atoms with Crippen molar-refractivity contribution < 1.29 is 0 Å². The highest BCUT2D eigenvalue weighted by atomic mass is 35.5. The van der Waals surface area contributed by atoms with Crippen LogP contribution in [-0.4, -0.2) is 20.8 Å². The number of benzene rings is 2. The van der Waals surface area contributed by atoms with Crippen molar-refractivity contribution in [3.05, 3.63) is 73.8 Å². The van der Waals surface area contributed by atoms with Gasteiger partial charge in [-0.15, -0.1) is 0 Å². The highest BCUT2D eigenvalue weighted by Crippen LogP contribution is 2.37. The first-order valence-electron chi connectivity index (χ1n) is 7.92. The van der Waals surface area contributed by atoms with E-state index in [4.69, 9.17) is 46.4 Å². The van der Waals surface area contributed by atoms with Gasteiger partial charge >= 0.3 is 0 Å². The zero-order chi connectivity index (χ0) is 19.8. The molecular weight excluding hydrogens is 440 g/mol. The Bertz CT molecular complexity index is 1280. The fourth-order valence-corrected chi connectivity index (χ4v) is 3.66. The Morgan fingerprint density at radius 1 is 1.04 bits per heavy atom. The second kappa shape index (κ2) is 7.50. The number of hydrogen-bond acceptors (Lipinski definition) is 3. The molecule has 2 aromatic carbocycles. The fourth-order valence-electron chi connectivity index (χ4n) is 2.71. The predicted molar refractivity (Wildman–Crippen MR) is 113 cm³/mol. The van der Waals surface area contributed by atoms with Crippen LogP contribution in [0.25, 0.3) is 16.9 Å². The fraction of sp³-hybridized carbons (Fsp3) is 0. The molecular formula is C19H9Cl4N5. The van der Waals surface area contributed by atoms with Crippen molar-refractivity contribution in [1.29, 1.82) is 5.26 Å². The largest absolute Gasteiger partial charge is 0.297 e. The summed E-state index contributed by atoms with van der Waals surface area (Å²) in [5.41, 5.74) is 2.66. The van der Waals surface area contributed by atoms with Crippen LogP contribution in [0, 0.1) is 11.3 Å². The van der Waals surface area contributed by atoms with Crippen LogP contribution in [0.4, 0.5) is 5.82 Å². The number of rotatable bonds is 3. The molecule has 4 rings (SSSR count). The maximum Gasteiger partial charge on any atom is 0.180 e. The number of halogens is 4. The Balaban J connectivity index is 1.91. The van der Waals surface area contributed by atoms with Crippen LogP contribution in [0.5, 0.6) is 0 Å².